The van der Waals surface area contributed by atoms with Crippen LogP contribution in [0.15, 0.2) is 36.4 Å². The average molecular weight is 417 g/mol. The number of carbonyl (C=O) groups excluding carboxylic acids is 2. The molecule has 1 aliphatic rings. The van der Waals surface area contributed by atoms with Gasteiger partial charge in [0, 0.05) is 24.1 Å². The van der Waals surface area contributed by atoms with Crippen molar-refractivity contribution < 1.29 is 23.1 Å². The first-order valence-corrected chi connectivity index (χ1v) is 9.87. The number of hydrogen-bond donors (Lipinski definition) is 2. The molecule has 6 nitrogen and oxygen atoms in total. The molecule has 30 heavy (non-hydrogen) atoms. The topological polar surface area (TPSA) is 70.7 Å². The monoisotopic (exact) mass is 417 g/mol. The van der Waals surface area contributed by atoms with Crippen LogP contribution in [0.25, 0.3) is 0 Å². The van der Waals surface area contributed by atoms with Crippen LogP contribution in [0.2, 0.25) is 0 Å². The standard InChI is InChI=1S/C22H25F2N3O3/c1-14(2)25-22(29)27-9-10-30-20-7-3-15(11-16(20)13-27)4-8-21(28)26-19-6-5-17(23)12-18(19)24/h3,5-7,11-12,14H,4,8-10,13H2,1-2H3,(H,25,29)(H,26,28). The minimum absolute atomic E-state index is 0.0388. The summed E-state index contributed by atoms with van der Waals surface area (Å²) in [6.07, 6.45) is 0.564. The maximum Gasteiger partial charge on any atom is 0.318 e. The number of nitrogens with one attached hydrogen (secondary N) is 2. The summed E-state index contributed by atoms with van der Waals surface area (Å²) < 4.78 is 32.4. The third kappa shape index (κ3) is 5.68. The molecule has 2 N–H and O–H groups in total. The molecule has 3 rings (SSSR count). The van der Waals surface area contributed by atoms with Crippen molar-refractivity contribution >= 4 is 17.6 Å². The normalized spacial score (nSPS) is 13.3. The lowest BCUT2D eigenvalue weighted by atomic mass is 10.0. The number of urea groups is 1. The Labute approximate surface area is 174 Å². The largest absolute Gasteiger partial charge is 0.491 e. The van der Waals surface area contributed by atoms with Gasteiger partial charge in [-0.1, -0.05) is 12.1 Å². The summed E-state index contributed by atoms with van der Waals surface area (Å²) >= 11 is 0. The van der Waals surface area contributed by atoms with Gasteiger partial charge in [-0.25, -0.2) is 13.6 Å². The van der Waals surface area contributed by atoms with E-state index < -0.39 is 11.6 Å². The molecule has 0 atom stereocenters. The molecule has 0 bridgehead atoms. The van der Waals surface area contributed by atoms with E-state index in [1.54, 1.807) is 4.90 Å². The zero-order valence-electron chi connectivity index (χ0n) is 17.0. The number of halogens is 2. The molecule has 2 aromatic carbocycles. The van der Waals surface area contributed by atoms with Crippen molar-refractivity contribution in [1.82, 2.24) is 10.2 Å². The molecule has 1 aliphatic heterocycles. The Hall–Kier alpha value is -3.16. The molecule has 2 aromatic rings. The molecule has 160 valence electrons. The van der Waals surface area contributed by atoms with Crippen LogP contribution in [0.5, 0.6) is 5.75 Å². The Balaban J connectivity index is 1.62. The molecule has 0 aliphatic carbocycles. The quantitative estimate of drug-likeness (QED) is 0.776. The van der Waals surface area contributed by atoms with E-state index in [0.717, 1.165) is 29.0 Å². The first kappa shape index (κ1) is 21.5. The zero-order chi connectivity index (χ0) is 21.7. The highest BCUT2D eigenvalue weighted by Crippen LogP contribution is 2.25. The average Bonchev–Trinajstić information content (AvgIpc) is 2.90. The summed E-state index contributed by atoms with van der Waals surface area (Å²) in [6, 6.07) is 8.53. The molecular weight excluding hydrogens is 392 g/mol. The predicted octanol–water partition coefficient (Wildman–Crippen LogP) is 3.85. The van der Waals surface area contributed by atoms with Crippen LogP contribution in [0.3, 0.4) is 0 Å². The fraction of sp³-hybridized carbons (Fsp3) is 0.364. The number of aryl methyl sites for hydroxylation is 1. The maximum atomic E-state index is 13.7. The molecule has 3 amide bonds. The highest BCUT2D eigenvalue weighted by atomic mass is 19.1. The van der Waals surface area contributed by atoms with Crippen LogP contribution in [-0.4, -0.2) is 36.0 Å². The third-order valence-corrected chi connectivity index (χ3v) is 4.65. The van der Waals surface area contributed by atoms with Crippen molar-refractivity contribution in [2.45, 2.75) is 39.3 Å². The Morgan fingerprint density at radius 1 is 1.17 bits per heavy atom. The van der Waals surface area contributed by atoms with Gasteiger partial charge in [-0.05, 0) is 44.0 Å². The molecule has 0 saturated carbocycles. The lowest BCUT2D eigenvalue weighted by Gasteiger charge is -2.22. The third-order valence-electron chi connectivity index (χ3n) is 4.65. The van der Waals surface area contributed by atoms with Crippen molar-refractivity contribution in [2.24, 2.45) is 0 Å². The Morgan fingerprint density at radius 2 is 1.97 bits per heavy atom. The Morgan fingerprint density at radius 3 is 2.70 bits per heavy atom. The number of amides is 3. The highest BCUT2D eigenvalue weighted by molar-refractivity contribution is 5.90. The number of hydrogen-bond acceptors (Lipinski definition) is 3. The first-order valence-electron chi connectivity index (χ1n) is 9.87. The summed E-state index contributed by atoms with van der Waals surface area (Å²) in [7, 11) is 0. The van der Waals surface area contributed by atoms with Gasteiger partial charge in [0.25, 0.3) is 0 Å². The van der Waals surface area contributed by atoms with Crippen molar-refractivity contribution in [3.05, 3.63) is 59.2 Å². The summed E-state index contributed by atoms with van der Waals surface area (Å²) in [5.74, 6) is -1.17. The van der Waals surface area contributed by atoms with E-state index in [2.05, 4.69) is 10.6 Å². The SMILES string of the molecule is CC(C)NC(=O)N1CCOc2ccc(CCC(=O)Nc3ccc(F)cc3F)cc2C1. The number of anilines is 1. The van der Waals surface area contributed by atoms with Gasteiger partial charge in [0.1, 0.15) is 24.0 Å². The van der Waals surface area contributed by atoms with E-state index in [1.807, 2.05) is 32.0 Å². The van der Waals surface area contributed by atoms with Gasteiger partial charge >= 0.3 is 6.03 Å². The fourth-order valence-corrected chi connectivity index (χ4v) is 3.18. The van der Waals surface area contributed by atoms with E-state index in [4.69, 9.17) is 4.74 Å². The lowest BCUT2D eigenvalue weighted by molar-refractivity contribution is -0.116. The fourth-order valence-electron chi connectivity index (χ4n) is 3.18. The van der Waals surface area contributed by atoms with Gasteiger partial charge < -0.3 is 20.3 Å². The smallest absolute Gasteiger partial charge is 0.318 e. The minimum atomic E-state index is -0.815. The molecule has 0 fully saturated rings. The van der Waals surface area contributed by atoms with Crippen LogP contribution in [0.1, 0.15) is 31.4 Å². The zero-order valence-corrected chi connectivity index (χ0v) is 17.0. The number of fused-ring (bicyclic) bond motifs is 1. The minimum Gasteiger partial charge on any atom is -0.491 e. The summed E-state index contributed by atoms with van der Waals surface area (Å²) in [5.41, 5.74) is 1.72. The van der Waals surface area contributed by atoms with E-state index in [0.29, 0.717) is 26.1 Å². The number of ether oxygens (including phenoxy) is 1. The number of benzene rings is 2. The Kier molecular flexibility index (Phi) is 6.87. The highest BCUT2D eigenvalue weighted by Gasteiger charge is 2.20. The second-order valence-electron chi connectivity index (χ2n) is 7.49. The first-order chi connectivity index (χ1) is 14.3. The van der Waals surface area contributed by atoms with Crippen LogP contribution in [-0.2, 0) is 17.8 Å². The van der Waals surface area contributed by atoms with Crippen molar-refractivity contribution in [2.75, 3.05) is 18.5 Å². The number of nitrogens with zero attached hydrogens (tertiary/aromatic N) is 1. The molecule has 0 unspecified atom stereocenters. The van der Waals surface area contributed by atoms with Gasteiger partial charge in [0.2, 0.25) is 5.91 Å². The second kappa shape index (κ2) is 9.56. The number of rotatable bonds is 5. The van der Waals surface area contributed by atoms with Gasteiger partial charge in [-0.15, -0.1) is 0 Å². The van der Waals surface area contributed by atoms with Crippen LogP contribution in [0.4, 0.5) is 19.3 Å². The van der Waals surface area contributed by atoms with Crippen molar-refractivity contribution in [3.63, 3.8) is 0 Å². The molecule has 8 heteroatoms. The van der Waals surface area contributed by atoms with Gasteiger partial charge in [0.15, 0.2) is 0 Å². The van der Waals surface area contributed by atoms with Crippen molar-refractivity contribution in [3.8, 4) is 5.75 Å². The van der Waals surface area contributed by atoms with E-state index in [1.165, 1.54) is 6.07 Å². The maximum absolute atomic E-state index is 13.7. The van der Waals surface area contributed by atoms with Crippen molar-refractivity contribution in [1.29, 1.82) is 0 Å². The van der Waals surface area contributed by atoms with Crippen LogP contribution in [0, 0.1) is 11.6 Å². The number of carbonyl (C=O) groups is 2. The molecule has 0 aromatic heterocycles. The van der Waals surface area contributed by atoms with Crippen LogP contribution < -0.4 is 15.4 Å². The van der Waals surface area contributed by atoms with Gasteiger partial charge in [0.05, 0.1) is 18.8 Å². The second-order valence-corrected chi connectivity index (χ2v) is 7.49. The van der Waals surface area contributed by atoms with E-state index >= 15 is 0 Å². The lowest BCUT2D eigenvalue weighted by Crippen LogP contribution is -2.43. The summed E-state index contributed by atoms with van der Waals surface area (Å²) in [4.78, 5) is 26.2. The van der Waals surface area contributed by atoms with E-state index in [-0.39, 0.29) is 30.1 Å². The summed E-state index contributed by atoms with van der Waals surface area (Å²) in [5, 5.41) is 5.34. The van der Waals surface area contributed by atoms with Gasteiger partial charge in [-0.2, -0.15) is 0 Å². The molecule has 0 saturated heterocycles. The summed E-state index contributed by atoms with van der Waals surface area (Å²) in [6.45, 7) is 5.11. The molecular formula is C22H25F2N3O3. The molecule has 0 radical (unpaired) electrons. The molecule has 1 heterocycles. The Bertz CT molecular complexity index is 934. The van der Waals surface area contributed by atoms with Crippen LogP contribution >= 0.6 is 0 Å². The van der Waals surface area contributed by atoms with E-state index in [9.17, 15) is 18.4 Å². The molecule has 0 spiro atoms. The predicted molar refractivity (Wildman–Crippen MR) is 109 cm³/mol. The van der Waals surface area contributed by atoms with Gasteiger partial charge in [-0.3, -0.25) is 4.79 Å².